The van der Waals surface area contributed by atoms with Gasteiger partial charge in [0.15, 0.2) is 5.96 Å². The summed E-state index contributed by atoms with van der Waals surface area (Å²) in [7, 11) is 0. The lowest BCUT2D eigenvalue weighted by Crippen LogP contribution is -2.45. The Kier molecular flexibility index (Phi) is 8.40. The summed E-state index contributed by atoms with van der Waals surface area (Å²) in [6.07, 6.45) is 8.91. The van der Waals surface area contributed by atoms with Crippen molar-refractivity contribution < 1.29 is 9.53 Å². The van der Waals surface area contributed by atoms with Crippen molar-refractivity contribution in [2.24, 2.45) is 4.99 Å². The third kappa shape index (κ3) is 6.45. The van der Waals surface area contributed by atoms with Gasteiger partial charge in [-0.2, -0.15) is 0 Å². The monoisotopic (exact) mass is 441 g/mol. The molecule has 0 aromatic heterocycles. The van der Waals surface area contributed by atoms with E-state index in [2.05, 4.69) is 27.8 Å². The molecule has 176 valence electrons. The molecule has 7 heteroatoms. The van der Waals surface area contributed by atoms with Gasteiger partial charge in [-0.15, -0.1) is 0 Å². The molecule has 1 aromatic carbocycles. The highest BCUT2D eigenvalue weighted by Gasteiger charge is 2.30. The van der Waals surface area contributed by atoms with E-state index in [1.165, 1.54) is 38.6 Å². The Balaban J connectivity index is 1.29. The van der Waals surface area contributed by atoms with Gasteiger partial charge < -0.3 is 20.7 Å². The number of nitrogens with one attached hydrogen (secondary N) is 3. The van der Waals surface area contributed by atoms with E-state index in [0.29, 0.717) is 24.7 Å². The van der Waals surface area contributed by atoms with Crippen molar-refractivity contribution >= 4 is 11.9 Å². The van der Waals surface area contributed by atoms with Gasteiger partial charge in [0.1, 0.15) is 0 Å². The zero-order valence-electron chi connectivity index (χ0n) is 19.4. The second-order valence-corrected chi connectivity index (χ2v) is 9.30. The van der Waals surface area contributed by atoms with Crippen LogP contribution in [0.3, 0.4) is 0 Å². The lowest BCUT2D eigenvalue weighted by Gasteiger charge is -2.24. The van der Waals surface area contributed by atoms with E-state index in [9.17, 15) is 4.79 Å². The van der Waals surface area contributed by atoms with Gasteiger partial charge in [0.2, 0.25) is 0 Å². The van der Waals surface area contributed by atoms with E-state index in [0.717, 1.165) is 50.1 Å². The molecule has 2 heterocycles. The van der Waals surface area contributed by atoms with Gasteiger partial charge in [-0.05, 0) is 56.7 Å². The molecular formula is C25H39N5O2. The average molecular weight is 442 g/mol. The highest BCUT2D eigenvalue weighted by Crippen LogP contribution is 2.26. The Morgan fingerprint density at radius 2 is 2.03 bits per heavy atom. The molecule has 1 aromatic rings. The molecular weight excluding hydrogens is 402 g/mol. The summed E-state index contributed by atoms with van der Waals surface area (Å²) in [6, 6.07) is 9.00. The maximum atomic E-state index is 12.5. The Labute approximate surface area is 192 Å². The van der Waals surface area contributed by atoms with E-state index in [1.807, 2.05) is 24.3 Å². The molecule has 3 aliphatic rings. The number of nitrogens with zero attached hydrogens (tertiary/aromatic N) is 2. The number of likely N-dealkylation sites (tertiary alicyclic amines) is 1. The first kappa shape index (κ1) is 23.1. The number of benzene rings is 1. The molecule has 3 N–H and O–H groups in total. The smallest absolute Gasteiger partial charge is 0.251 e. The fourth-order valence-corrected chi connectivity index (χ4v) is 5.11. The first-order valence-electron chi connectivity index (χ1n) is 12.5. The molecule has 0 bridgehead atoms. The average Bonchev–Trinajstić information content (AvgIpc) is 3.59. The standard InChI is InChI=1S/C25H39N5O2/c1-2-26-25(29-21-12-13-30(18-21)22-9-3-4-10-22)28-16-19-7-5-8-20(15-19)24(31)27-17-23-11-6-14-32-23/h5,7-8,15,21-23H,2-4,6,9-14,16-18H2,1H3,(H,27,31)(H2,26,28,29). The number of ether oxygens (including phenoxy) is 1. The molecule has 2 saturated heterocycles. The zero-order valence-corrected chi connectivity index (χ0v) is 19.4. The minimum absolute atomic E-state index is 0.0469. The van der Waals surface area contributed by atoms with Crippen molar-refractivity contribution in [1.29, 1.82) is 0 Å². The second-order valence-electron chi connectivity index (χ2n) is 9.30. The van der Waals surface area contributed by atoms with E-state index in [-0.39, 0.29) is 12.0 Å². The van der Waals surface area contributed by atoms with Crippen LogP contribution in [0.25, 0.3) is 0 Å². The van der Waals surface area contributed by atoms with Crippen LogP contribution in [-0.4, -0.2) is 67.7 Å². The lowest BCUT2D eigenvalue weighted by atomic mass is 10.1. The maximum absolute atomic E-state index is 12.5. The number of carbonyl (C=O) groups is 1. The molecule has 32 heavy (non-hydrogen) atoms. The molecule has 0 spiro atoms. The van der Waals surface area contributed by atoms with Crippen LogP contribution < -0.4 is 16.0 Å². The molecule has 0 radical (unpaired) electrons. The van der Waals surface area contributed by atoms with Crippen LogP contribution in [-0.2, 0) is 11.3 Å². The molecule has 4 rings (SSSR count). The highest BCUT2D eigenvalue weighted by atomic mass is 16.5. The Morgan fingerprint density at radius 3 is 2.81 bits per heavy atom. The second kappa shape index (κ2) is 11.7. The first-order chi connectivity index (χ1) is 15.7. The lowest BCUT2D eigenvalue weighted by molar-refractivity contribution is 0.0857. The summed E-state index contributed by atoms with van der Waals surface area (Å²) in [5.41, 5.74) is 1.71. The van der Waals surface area contributed by atoms with E-state index < -0.39 is 0 Å². The van der Waals surface area contributed by atoms with Crippen LogP contribution in [0.2, 0.25) is 0 Å². The number of aliphatic imine (C=N–C) groups is 1. The van der Waals surface area contributed by atoms with Crippen LogP contribution in [0.5, 0.6) is 0 Å². The third-order valence-corrected chi connectivity index (χ3v) is 6.87. The van der Waals surface area contributed by atoms with Crippen LogP contribution in [0, 0.1) is 0 Å². The number of hydrogen-bond donors (Lipinski definition) is 3. The van der Waals surface area contributed by atoms with Crippen molar-refractivity contribution in [1.82, 2.24) is 20.9 Å². The summed E-state index contributed by atoms with van der Waals surface area (Å²) in [5.74, 6) is 0.813. The predicted octanol–water partition coefficient (Wildman–Crippen LogP) is 2.67. The summed E-state index contributed by atoms with van der Waals surface area (Å²) < 4.78 is 5.59. The van der Waals surface area contributed by atoms with E-state index in [1.54, 1.807) is 0 Å². The largest absolute Gasteiger partial charge is 0.376 e. The molecule has 7 nitrogen and oxygen atoms in total. The van der Waals surface area contributed by atoms with Crippen LogP contribution in [0.1, 0.15) is 67.8 Å². The van der Waals surface area contributed by atoms with Crippen LogP contribution in [0.4, 0.5) is 0 Å². The van der Waals surface area contributed by atoms with Crippen molar-refractivity contribution in [2.75, 3.05) is 32.8 Å². The van der Waals surface area contributed by atoms with Gasteiger partial charge in [0.05, 0.1) is 12.6 Å². The van der Waals surface area contributed by atoms with Gasteiger partial charge in [-0.1, -0.05) is 25.0 Å². The molecule has 1 aliphatic carbocycles. The Morgan fingerprint density at radius 1 is 1.16 bits per heavy atom. The Bertz CT molecular complexity index is 771. The summed E-state index contributed by atoms with van der Waals surface area (Å²) >= 11 is 0. The minimum atomic E-state index is -0.0469. The van der Waals surface area contributed by atoms with Gasteiger partial charge in [-0.3, -0.25) is 9.69 Å². The topological polar surface area (TPSA) is 78.0 Å². The van der Waals surface area contributed by atoms with Gasteiger partial charge in [-0.25, -0.2) is 4.99 Å². The Hall–Kier alpha value is -2.12. The third-order valence-electron chi connectivity index (χ3n) is 6.87. The molecule has 3 fully saturated rings. The minimum Gasteiger partial charge on any atom is -0.376 e. The predicted molar refractivity (Wildman–Crippen MR) is 128 cm³/mol. The summed E-state index contributed by atoms with van der Waals surface area (Å²) in [6.45, 7) is 7.14. The fourth-order valence-electron chi connectivity index (χ4n) is 5.11. The normalized spacial score (nSPS) is 24.7. The van der Waals surface area contributed by atoms with E-state index in [4.69, 9.17) is 9.73 Å². The van der Waals surface area contributed by atoms with Crippen LogP contribution in [0.15, 0.2) is 29.3 Å². The number of hydrogen-bond acceptors (Lipinski definition) is 4. The maximum Gasteiger partial charge on any atom is 0.251 e. The van der Waals surface area contributed by atoms with Crippen molar-refractivity contribution in [3.63, 3.8) is 0 Å². The van der Waals surface area contributed by atoms with Gasteiger partial charge >= 0.3 is 0 Å². The zero-order chi connectivity index (χ0) is 22.2. The van der Waals surface area contributed by atoms with Gasteiger partial charge in [0.25, 0.3) is 5.91 Å². The van der Waals surface area contributed by atoms with E-state index >= 15 is 0 Å². The van der Waals surface area contributed by atoms with Crippen molar-refractivity contribution in [2.45, 2.75) is 76.6 Å². The SMILES string of the molecule is CCNC(=NCc1cccc(C(=O)NCC2CCCO2)c1)NC1CCN(C2CCCC2)C1. The van der Waals surface area contributed by atoms with Crippen LogP contribution >= 0.6 is 0 Å². The quantitative estimate of drug-likeness (QED) is 0.427. The van der Waals surface area contributed by atoms with Crippen molar-refractivity contribution in [3.8, 4) is 0 Å². The molecule has 2 atom stereocenters. The van der Waals surface area contributed by atoms with Crippen molar-refractivity contribution in [3.05, 3.63) is 35.4 Å². The molecule has 1 amide bonds. The highest BCUT2D eigenvalue weighted by molar-refractivity contribution is 5.94. The molecule has 2 aliphatic heterocycles. The number of amides is 1. The number of rotatable bonds is 8. The first-order valence-corrected chi connectivity index (χ1v) is 12.5. The van der Waals surface area contributed by atoms with Gasteiger partial charge in [0, 0.05) is 50.4 Å². The summed E-state index contributed by atoms with van der Waals surface area (Å²) in [5, 5.41) is 10.0. The fraction of sp³-hybridized carbons (Fsp3) is 0.680. The molecule has 1 saturated carbocycles. The summed E-state index contributed by atoms with van der Waals surface area (Å²) in [4.78, 5) is 20.0. The number of guanidine groups is 1. The number of carbonyl (C=O) groups excluding carboxylic acids is 1. The molecule has 2 unspecified atom stereocenters.